The van der Waals surface area contributed by atoms with E-state index in [1.807, 2.05) is 19.0 Å². The third kappa shape index (κ3) is 18.1. The molecule has 14 nitrogen and oxygen atoms in total. The number of rotatable bonds is 25. The Balaban J connectivity index is 1.55. The van der Waals surface area contributed by atoms with Gasteiger partial charge < -0.3 is 35.6 Å². The van der Waals surface area contributed by atoms with E-state index in [-0.39, 0.29) is 36.5 Å². The number of hydrogen-bond acceptors (Lipinski definition) is 10. The predicted octanol–water partition coefficient (Wildman–Crippen LogP) is 3.78. The normalized spacial score (nSPS) is 16.6. The van der Waals surface area contributed by atoms with E-state index in [0.29, 0.717) is 54.4 Å². The molecule has 1 fully saturated rings. The van der Waals surface area contributed by atoms with Crippen molar-refractivity contribution in [2.24, 2.45) is 0 Å². The van der Waals surface area contributed by atoms with Crippen LogP contribution in [0.4, 0.5) is 5.69 Å². The quantitative estimate of drug-likeness (QED) is 0.0647. The number of nitrogens with zero attached hydrogens (tertiary/aromatic N) is 3. The number of unbranched alkanes of at least 4 members (excludes halogenated alkanes) is 6. The Morgan fingerprint density at radius 1 is 0.980 bits per heavy atom. The molecular weight excluding hydrogens is 700 g/mol. The van der Waals surface area contributed by atoms with Crippen molar-refractivity contribution in [3.05, 3.63) is 22.7 Å². The van der Waals surface area contributed by atoms with Crippen molar-refractivity contribution in [1.29, 1.82) is 0 Å². The smallest absolute Gasteiger partial charge is 0.266 e. The average Bonchev–Trinajstić information content (AvgIpc) is 3.07. The van der Waals surface area contributed by atoms with Crippen molar-refractivity contribution in [2.75, 3.05) is 79.1 Å². The van der Waals surface area contributed by atoms with Gasteiger partial charge in [-0.25, -0.2) is 0 Å². The van der Waals surface area contributed by atoms with Gasteiger partial charge in [-0.1, -0.05) is 37.3 Å². The lowest BCUT2D eigenvalue weighted by Gasteiger charge is -2.38. The number of halogens is 1. The molecule has 0 spiro atoms. The molecule has 1 aliphatic heterocycles. The van der Waals surface area contributed by atoms with Gasteiger partial charge in [0.05, 0.1) is 29.1 Å². The van der Waals surface area contributed by atoms with E-state index < -0.39 is 15.9 Å². The second-order valence-electron chi connectivity index (χ2n) is 13.5. The van der Waals surface area contributed by atoms with E-state index in [1.165, 1.54) is 18.1 Å². The standard InChI is InChI=1S/C35H61ClN6O8S/c1-40(2)18-13-20-41(22-23-51(46,47)48)33(44)15-10-6-5-7-11-17-38-32(43)14-9-8-12-19-42-21-16-27(24-34(42)50-4)39-35(45)28-25-29(36)30(37)26-31(28)49-3/h25-27,34H,5-24,37H2,1-4H3,(H,38,43)(H,39,45)(H,46,47,48)/t27-,34?/m1/s1. The van der Waals surface area contributed by atoms with Crippen molar-refractivity contribution >= 4 is 45.1 Å². The molecule has 0 aromatic heterocycles. The fourth-order valence-corrected chi connectivity index (χ4v) is 6.75. The number of benzene rings is 1. The van der Waals surface area contributed by atoms with Crippen LogP contribution in [-0.2, 0) is 24.4 Å². The Hall–Kier alpha value is -2.69. The number of carbonyl (C=O) groups is 3. The molecule has 0 bridgehead atoms. The van der Waals surface area contributed by atoms with Crippen LogP contribution in [0.5, 0.6) is 5.75 Å². The van der Waals surface area contributed by atoms with Crippen LogP contribution in [0, 0.1) is 0 Å². The Kier molecular flexibility index (Phi) is 20.7. The van der Waals surface area contributed by atoms with Crippen molar-refractivity contribution in [1.82, 2.24) is 25.3 Å². The minimum Gasteiger partial charge on any atom is -0.496 e. The van der Waals surface area contributed by atoms with Gasteiger partial charge >= 0.3 is 0 Å². The maximum Gasteiger partial charge on any atom is 0.266 e. The molecular formula is C35H61ClN6O8S. The number of likely N-dealkylation sites (tertiary alicyclic amines) is 1. The maximum absolute atomic E-state index is 13.0. The minimum absolute atomic E-state index is 0.000780. The first kappa shape index (κ1) is 44.5. The summed E-state index contributed by atoms with van der Waals surface area (Å²) < 4.78 is 42.5. The highest BCUT2D eigenvalue weighted by Crippen LogP contribution is 2.29. The number of anilines is 1. The number of carbonyl (C=O) groups excluding carboxylic acids is 3. The van der Waals surface area contributed by atoms with Crippen LogP contribution in [0.3, 0.4) is 0 Å². The number of hydrogen-bond donors (Lipinski definition) is 4. The van der Waals surface area contributed by atoms with Gasteiger partial charge in [0.1, 0.15) is 12.0 Å². The maximum atomic E-state index is 13.0. The lowest BCUT2D eigenvalue weighted by atomic mass is 10.0. The number of nitrogens with one attached hydrogen (secondary N) is 2. The van der Waals surface area contributed by atoms with Crippen LogP contribution in [-0.4, -0.2) is 131 Å². The predicted molar refractivity (Wildman–Crippen MR) is 201 cm³/mol. The number of piperidine rings is 1. The zero-order valence-electron chi connectivity index (χ0n) is 31.0. The summed E-state index contributed by atoms with van der Waals surface area (Å²) >= 11 is 6.14. The summed E-state index contributed by atoms with van der Waals surface area (Å²) in [5.41, 5.74) is 6.53. The molecule has 1 aromatic rings. The summed E-state index contributed by atoms with van der Waals surface area (Å²) in [5, 5.41) is 6.38. The van der Waals surface area contributed by atoms with Crippen LogP contribution >= 0.6 is 11.6 Å². The minimum atomic E-state index is -4.13. The highest BCUT2D eigenvalue weighted by Gasteiger charge is 2.30. The zero-order chi connectivity index (χ0) is 37.8. The molecule has 1 aliphatic rings. The van der Waals surface area contributed by atoms with Gasteiger partial charge in [-0.2, -0.15) is 8.42 Å². The zero-order valence-corrected chi connectivity index (χ0v) is 32.5. The second kappa shape index (κ2) is 23.8. The van der Waals surface area contributed by atoms with Crippen molar-refractivity contribution < 1.29 is 36.8 Å². The van der Waals surface area contributed by atoms with E-state index in [2.05, 4.69) is 15.5 Å². The highest BCUT2D eigenvalue weighted by molar-refractivity contribution is 7.85. The van der Waals surface area contributed by atoms with Crippen LogP contribution in [0.1, 0.15) is 93.8 Å². The van der Waals surface area contributed by atoms with E-state index in [1.54, 1.807) is 13.2 Å². The second-order valence-corrected chi connectivity index (χ2v) is 15.5. The van der Waals surface area contributed by atoms with Crippen molar-refractivity contribution in [2.45, 2.75) is 95.7 Å². The Morgan fingerprint density at radius 2 is 1.67 bits per heavy atom. The van der Waals surface area contributed by atoms with Crippen molar-refractivity contribution in [3.8, 4) is 5.75 Å². The van der Waals surface area contributed by atoms with Gasteiger partial charge in [-0.3, -0.25) is 23.8 Å². The molecule has 2 atom stereocenters. The van der Waals surface area contributed by atoms with Crippen LogP contribution in [0.15, 0.2) is 12.1 Å². The summed E-state index contributed by atoms with van der Waals surface area (Å²) in [6, 6.07) is 3.02. The fourth-order valence-electron chi connectivity index (χ4n) is 6.13. The molecule has 51 heavy (non-hydrogen) atoms. The van der Waals surface area contributed by atoms with Gasteiger partial charge in [0.25, 0.3) is 16.0 Å². The summed E-state index contributed by atoms with van der Waals surface area (Å²) in [7, 11) is 2.92. The molecule has 1 heterocycles. The van der Waals surface area contributed by atoms with Gasteiger partial charge in [0.2, 0.25) is 11.8 Å². The molecule has 1 unspecified atom stereocenters. The molecule has 0 saturated carbocycles. The molecule has 2 rings (SSSR count). The molecule has 0 aliphatic carbocycles. The fraction of sp³-hybridized carbons (Fsp3) is 0.743. The lowest BCUT2D eigenvalue weighted by molar-refractivity contribution is -0.131. The number of nitrogens with two attached hydrogens (primary N) is 1. The lowest BCUT2D eigenvalue weighted by Crippen LogP contribution is -2.50. The average molecular weight is 761 g/mol. The summed E-state index contributed by atoms with van der Waals surface area (Å²) in [6.07, 6.45) is 9.97. The number of nitrogen functional groups attached to an aromatic ring is 1. The Morgan fingerprint density at radius 3 is 2.35 bits per heavy atom. The molecule has 3 amide bonds. The molecule has 292 valence electrons. The first-order chi connectivity index (χ1) is 24.2. The highest BCUT2D eigenvalue weighted by atomic mass is 35.5. The SMILES string of the molecule is COc1cc(N)c(Cl)cc1C(=O)N[C@@H]1CCN(CCCCCC(=O)NCCCCCCCC(=O)N(CCCN(C)C)CCS(=O)(=O)O)C(OC)C1. The van der Waals surface area contributed by atoms with Gasteiger partial charge in [-0.05, 0) is 65.2 Å². The summed E-state index contributed by atoms with van der Waals surface area (Å²) in [5.74, 6) is -0.373. The summed E-state index contributed by atoms with van der Waals surface area (Å²) in [4.78, 5) is 43.8. The van der Waals surface area contributed by atoms with Crippen LogP contribution < -0.4 is 21.1 Å². The van der Waals surface area contributed by atoms with E-state index >= 15 is 0 Å². The van der Waals surface area contributed by atoms with Crippen LogP contribution in [0.25, 0.3) is 0 Å². The number of amides is 3. The molecule has 1 aromatic carbocycles. The Bertz CT molecular complexity index is 1340. The number of methoxy groups -OCH3 is 2. The summed E-state index contributed by atoms with van der Waals surface area (Å²) in [6.45, 7) is 3.52. The largest absolute Gasteiger partial charge is 0.496 e. The first-order valence-corrected chi connectivity index (χ1v) is 20.1. The van der Waals surface area contributed by atoms with Crippen molar-refractivity contribution in [3.63, 3.8) is 0 Å². The third-order valence-corrected chi connectivity index (χ3v) is 10.1. The van der Waals surface area contributed by atoms with E-state index in [9.17, 15) is 22.8 Å². The number of ether oxygens (including phenoxy) is 2. The molecule has 5 N–H and O–H groups in total. The van der Waals surface area contributed by atoms with Gasteiger partial charge in [0, 0.05) is 71.2 Å². The van der Waals surface area contributed by atoms with Gasteiger partial charge in [-0.15, -0.1) is 0 Å². The molecule has 1 saturated heterocycles. The molecule has 16 heteroatoms. The van der Waals surface area contributed by atoms with Crippen LogP contribution in [0.2, 0.25) is 5.02 Å². The van der Waals surface area contributed by atoms with Gasteiger partial charge in [0.15, 0.2) is 0 Å². The first-order valence-electron chi connectivity index (χ1n) is 18.1. The Labute approximate surface area is 309 Å². The topological polar surface area (TPSA) is 184 Å². The van der Waals surface area contributed by atoms with E-state index in [0.717, 1.165) is 83.8 Å². The van der Waals surface area contributed by atoms with E-state index in [4.69, 9.17) is 31.4 Å². The monoisotopic (exact) mass is 760 g/mol. The molecule has 0 radical (unpaired) electrons. The third-order valence-electron chi connectivity index (χ3n) is 9.07.